The minimum absolute atomic E-state index is 0.119. The summed E-state index contributed by atoms with van der Waals surface area (Å²) in [5.41, 5.74) is 3.33. The molecule has 0 radical (unpaired) electrons. The van der Waals surface area contributed by atoms with Crippen molar-refractivity contribution in [2.45, 2.75) is 62.6 Å². The number of carbonyl (C=O) groups excluding carboxylic acids is 2. The van der Waals surface area contributed by atoms with Crippen LogP contribution in [0.25, 0.3) is 11.1 Å². The van der Waals surface area contributed by atoms with Crippen LogP contribution in [-0.4, -0.2) is 81.9 Å². The van der Waals surface area contributed by atoms with Gasteiger partial charge in [-0.2, -0.15) is 0 Å². The standard InChI is InChI=1S/C31H35N5O5/c37-27-6-4-24-9-13-40-28-14-22(21-7-11-32-12-8-21)3-5-25(28)30(38)35-23-15-26(31(39)34-17-29(27)41-24)36(19-23)18-20-2-1-10-33-16-20/h1-3,5,7-8,10-12,14,16,23-24,26-27,29,37H,4,6,9,13,15,17-19H2,(H,34,39)(H,35,38)/t23-,24-,26-,27-,29+/m0/s1. The number of aliphatic hydroxyl groups is 1. The lowest BCUT2D eigenvalue weighted by atomic mass is 9.99. The second-order valence-corrected chi connectivity index (χ2v) is 11.0. The van der Waals surface area contributed by atoms with E-state index in [9.17, 15) is 14.7 Å². The number of carbonyl (C=O) groups is 2. The second-order valence-electron chi connectivity index (χ2n) is 11.0. The summed E-state index contributed by atoms with van der Waals surface area (Å²) in [4.78, 5) is 37.4. The number of aromatic nitrogens is 2. The van der Waals surface area contributed by atoms with Crippen LogP contribution >= 0.6 is 0 Å². The van der Waals surface area contributed by atoms with Crippen LogP contribution in [-0.2, 0) is 16.1 Å². The van der Waals surface area contributed by atoms with Gasteiger partial charge in [-0.15, -0.1) is 0 Å². The molecule has 3 aliphatic rings. The molecule has 214 valence electrons. The highest BCUT2D eigenvalue weighted by molar-refractivity contribution is 5.98. The summed E-state index contributed by atoms with van der Waals surface area (Å²) >= 11 is 0. The molecule has 3 aliphatic heterocycles. The topological polar surface area (TPSA) is 126 Å². The van der Waals surface area contributed by atoms with Gasteiger partial charge in [-0.25, -0.2) is 0 Å². The van der Waals surface area contributed by atoms with Crippen molar-refractivity contribution in [3.8, 4) is 16.9 Å². The first-order chi connectivity index (χ1) is 20.0. The first kappa shape index (κ1) is 27.3. The van der Waals surface area contributed by atoms with E-state index in [4.69, 9.17) is 9.47 Å². The summed E-state index contributed by atoms with van der Waals surface area (Å²) in [7, 11) is 0. The predicted octanol–water partition coefficient (Wildman–Crippen LogP) is 2.32. The van der Waals surface area contributed by atoms with E-state index >= 15 is 0 Å². The van der Waals surface area contributed by atoms with Crippen molar-refractivity contribution in [1.82, 2.24) is 25.5 Å². The number of pyridine rings is 2. The number of hydrogen-bond donors (Lipinski definition) is 3. The minimum atomic E-state index is -0.642. The van der Waals surface area contributed by atoms with Crippen LogP contribution in [0.15, 0.2) is 67.3 Å². The molecule has 2 fully saturated rings. The van der Waals surface area contributed by atoms with Gasteiger partial charge in [-0.05, 0) is 66.3 Å². The molecule has 0 aliphatic carbocycles. The third-order valence-electron chi connectivity index (χ3n) is 8.15. The summed E-state index contributed by atoms with van der Waals surface area (Å²) < 4.78 is 12.4. The molecular formula is C31H35N5O5. The lowest BCUT2D eigenvalue weighted by Crippen LogP contribution is -2.50. The Morgan fingerprint density at radius 3 is 2.71 bits per heavy atom. The molecule has 2 amide bonds. The number of nitrogens with one attached hydrogen (secondary N) is 2. The van der Waals surface area contributed by atoms with Gasteiger partial charge in [0, 0.05) is 56.9 Å². The highest BCUT2D eigenvalue weighted by Gasteiger charge is 2.39. The zero-order valence-corrected chi connectivity index (χ0v) is 22.8. The Bertz CT molecular complexity index is 1360. The van der Waals surface area contributed by atoms with Gasteiger partial charge in [0.25, 0.3) is 5.91 Å². The fourth-order valence-electron chi connectivity index (χ4n) is 5.96. The molecule has 0 unspecified atom stereocenters. The summed E-state index contributed by atoms with van der Waals surface area (Å²) in [6.07, 6.45) is 8.07. The molecule has 0 saturated carbocycles. The Labute approximate surface area is 239 Å². The van der Waals surface area contributed by atoms with Gasteiger partial charge in [0.2, 0.25) is 5.91 Å². The summed E-state index contributed by atoms with van der Waals surface area (Å²) in [5.74, 6) is 0.120. The van der Waals surface area contributed by atoms with Crippen molar-refractivity contribution >= 4 is 11.8 Å². The highest BCUT2D eigenvalue weighted by atomic mass is 16.5. The number of fused-ring (bicyclic) bond motifs is 5. The highest BCUT2D eigenvalue weighted by Crippen LogP contribution is 2.30. The van der Waals surface area contributed by atoms with Crippen molar-refractivity contribution < 1.29 is 24.2 Å². The van der Waals surface area contributed by atoms with Crippen LogP contribution in [0.4, 0.5) is 0 Å². The number of likely N-dealkylation sites (tertiary alicyclic amines) is 1. The van der Waals surface area contributed by atoms with Crippen molar-refractivity contribution in [2.75, 3.05) is 19.7 Å². The zero-order valence-electron chi connectivity index (χ0n) is 22.8. The monoisotopic (exact) mass is 557 g/mol. The number of rotatable bonds is 3. The SMILES string of the molecule is O=C1N[C@H]2C[C@@H](C(=O)NC[C@H]3O[C@H](CCOc4cc(-c5ccncc5)ccc41)CC[C@@H]3O)N(Cc1cccnc1)C2. The second kappa shape index (κ2) is 12.3. The number of hydrogen-bond acceptors (Lipinski definition) is 8. The Hall–Kier alpha value is -3.86. The van der Waals surface area contributed by atoms with Gasteiger partial charge in [0.05, 0.1) is 30.4 Å². The van der Waals surface area contributed by atoms with Gasteiger partial charge >= 0.3 is 0 Å². The van der Waals surface area contributed by atoms with E-state index in [0.29, 0.717) is 56.7 Å². The molecule has 2 saturated heterocycles. The summed E-state index contributed by atoms with van der Waals surface area (Å²) in [5, 5.41) is 16.8. The fourth-order valence-corrected chi connectivity index (χ4v) is 5.96. The molecule has 2 aromatic heterocycles. The molecule has 10 nitrogen and oxygen atoms in total. The number of ether oxygens (including phenoxy) is 2. The Morgan fingerprint density at radius 1 is 1.00 bits per heavy atom. The average Bonchev–Trinajstić information content (AvgIpc) is 3.39. The first-order valence-corrected chi connectivity index (χ1v) is 14.3. The van der Waals surface area contributed by atoms with E-state index in [-0.39, 0.29) is 30.5 Å². The van der Waals surface area contributed by atoms with Crippen molar-refractivity contribution in [1.29, 1.82) is 0 Å². The number of aliphatic hydroxyl groups excluding tert-OH is 1. The fraction of sp³-hybridized carbons (Fsp3) is 0.419. The van der Waals surface area contributed by atoms with Crippen LogP contribution in [0.1, 0.15) is 41.6 Å². The number of benzene rings is 1. The molecule has 3 N–H and O–H groups in total. The molecule has 6 rings (SSSR count). The van der Waals surface area contributed by atoms with Gasteiger partial charge in [-0.3, -0.25) is 24.5 Å². The Kier molecular flexibility index (Phi) is 8.22. The third kappa shape index (κ3) is 6.40. The third-order valence-corrected chi connectivity index (χ3v) is 8.15. The van der Waals surface area contributed by atoms with Crippen molar-refractivity contribution in [3.05, 3.63) is 78.4 Å². The van der Waals surface area contributed by atoms with Gasteiger partial charge in [0.15, 0.2) is 0 Å². The molecule has 0 spiro atoms. The van der Waals surface area contributed by atoms with Gasteiger partial charge in [0.1, 0.15) is 11.9 Å². The van der Waals surface area contributed by atoms with Gasteiger partial charge < -0.3 is 25.2 Å². The van der Waals surface area contributed by atoms with Crippen LogP contribution in [0.5, 0.6) is 5.75 Å². The van der Waals surface area contributed by atoms with Crippen LogP contribution in [0.3, 0.4) is 0 Å². The maximum absolute atomic E-state index is 13.6. The quantitative estimate of drug-likeness (QED) is 0.448. The molecule has 5 atom stereocenters. The number of nitrogens with zero attached hydrogens (tertiary/aromatic N) is 3. The molecule has 10 heteroatoms. The van der Waals surface area contributed by atoms with E-state index < -0.39 is 18.2 Å². The lowest BCUT2D eigenvalue weighted by Gasteiger charge is -2.34. The molecule has 1 aromatic carbocycles. The molecule has 4 bridgehead atoms. The van der Waals surface area contributed by atoms with E-state index in [1.165, 1.54) is 0 Å². The molecule has 41 heavy (non-hydrogen) atoms. The molecule has 5 heterocycles. The Balaban J connectivity index is 1.29. The summed E-state index contributed by atoms with van der Waals surface area (Å²) in [6.45, 7) is 1.61. The summed E-state index contributed by atoms with van der Waals surface area (Å²) in [6, 6.07) is 12.6. The van der Waals surface area contributed by atoms with E-state index in [2.05, 4.69) is 25.5 Å². The van der Waals surface area contributed by atoms with Gasteiger partial charge in [-0.1, -0.05) is 12.1 Å². The predicted molar refractivity (Wildman–Crippen MR) is 151 cm³/mol. The van der Waals surface area contributed by atoms with E-state index in [1.54, 1.807) is 30.9 Å². The maximum Gasteiger partial charge on any atom is 0.255 e. The molecule has 3 aromatic rings. The van der Waals surface area contributed by atoms with Crippen molar-refractivity contribution in [2.24, 2.45) is 0 Å². The first-order valence-electron chi connectivity index (χ1n) is 14.3. The maximum atomic E-state index is 13.6. The largest absolute Gasteiger partial charge is 0.493 e. The van der Waals surface area contributed by atoms with E-state index in [0.717, 1.165) is 16.7 Å². The Morgan fingerprint density at radius 2 is 1.88 bits per heavy atom. The zero-order chi connectivity index (χ0) is 28.2. The number of amides is 2. The van der Waals surface area contributed by atoms with E-state index in [1.807, 2.05) is 36.4 Å². The van der Waals surface area contributed by atoms with Crippen LogP contribution in [0, 0.1) is 0 Å². The van der Waals surface area contributed by atoms with Crippen LogP contribution in [0.2, 0.25) is 0 Å². The van der Waals surface area contributed by atoms with Crippen LogP contribution < -0.4 is 15.4 Å². The lowest BCUT2D eigenvalue weighted by molar-refractivity contribution is -0.133. The normalized spacial score (nSPS) is 27.3. The van der Waals surface area contributed by atoms with Crippen molar-refractivity contribution in [3.63, 3.8) is 0 Å². The smallest absolute Gasteiger partial charge is 0.255 e. The average molecular weight is 558 g/mol. The molecular weight excluding hydrogens is 522 g/mol. The minimum Gasteiger partial charge on any atom is -0.493 e.